The van der Waals surface area contributed by atoms with E-state index in [4.69, 9.17) is 0 Å². The summed E-state index contributed by atoms with van der Waals surface area (Å²) in [7, 11) is 0. The average Bonchev–Trinajstić information content (AvgIpc) is 3.31. The molecule has 1 atom stereocenters. The van der Waals surface area contributed by atoms with Crippen molar-refractivity contribution in [2.24, 2.45) is 16.9 Å². The van der Waals surface area contributed by atoms with Crippen molar-refractivity contribution < 1.29 is 9.90 Å². The monoisotopic (exact) mass is 486 g/mol. The summed E-state index contributed by atoms with van der Waals surface area (Å²) < 4.78 is 2.11. The van der Waals surface area contributed by atoms with Crippen LogP contribution in [0.25, 0.3) is 17.0 Å². The smallest absolute Gasteiger partial charge is 0.280 e. The largest absolute Gasteiger partial charge is 0.390 e. The molecule has 4 rings (SSSR count). The van der Waals surface area contributed by atoms with Crippen molar-refractivity contribution in [2.75, 3.05) is 24.6 Å². The molecule has 0 bridgehead atoms. The molecule has 0 fully saturated rings. The number of aromatic nitrogens is 1. The maximum Gasteiger partial charge on any atom is 0.280 e. The molecule has 3 aromatic rings. The Morgan fingerprint density at radius 1 is 0.944 bits per heavy atom. The van der Waals surface area contributed by atoms with Gasteiger partial charge in [0.2, 0.25) is 0 Å². The second-order valence-corrected chi connectivity index (χ2v) is 10.6. The maximum atomic E-state index is 13.2. The zero-order chi connectivity index (χ0) is 25.8. The third-order valence-electron chi connectivity index (χ3n) is 6.31. The lowest BCUT2D eigenvalue weighted by Gasteiger charge is -2.28. The standard InChI is InChI=1S/C30H38N4O2/c1-21(2)16-32(17-22(3)4)19-26(35)20-33-18-24(27-13-9-10-14-29(27)33)15-28-23(5)31-34(30(28)36)25-11-7-6-8-12-25/h6-15,18,21-22,26,35H,16-17,19-20H2,1-5H3. The lowest BCUT2D eigenvalue weighted by atomic mass is 10.1. The number of aliphatic hydroxyl groups is 1. The van der Waals surface area contributed by atoms with E-state index in [9.17, 15) is 9.90 Å². The molecule has 190 valence electrons. The predicted molar refractivity (Wildman–Crippen MR) is 149 cm³/mol. The van der Waals surface area contributed by atoms with Crippen molar-refractivity contribution >= 4 is 34.3 Å². The lowest BCUT2D eigenvalue weighted by molar-refractivity contribution is -0.114. The van der Waals surface area contributed by atoms with Gasteiger partial charge in [0.05, 0.1) is 23.1 Å². The molecule has 2 aromatic carbocycles. The fourth-order valence-corrected chi connectivity index (χ4v) is 4.96. The zero-order valence-electron chi connectivity index (χ0n) is 22.1. The van der Waals surface area contributed by atoms with Crippen molar-refractivity contribution in [2.45, 2.75) is 47.3 Å². The minimum atomic E-state index is -0.496. The molecule has 1 amide bonds. The van der Waals surface area contributed by atoms with Crippen LogP contribution in [0.2, 0.25) is 0 Å². The molecule has 6 nitrogen and oxygen atoms in total. The molecular weight excluding hydrogens is 448 g/mol. The van der Waals surface area contributed by atoms with Gasteiger partial charge in [0.25, 0.3) is 5.91 Å². The Labute approximate surface area is 214 Å². The van der Waals surface area contributed by atoms with Crippen LogP contribution in [0, 0.1) is 11.8 Å². The summed E-state index contributed by atoms with van der Waals surface area (Å²) >= 11 is 0. The van der Waals surface area contributed by atoms with E-state index in [1.54, 1.807) is 0 Å². The van der Waals surface area contributed by atoms with Gasteiger partial charge in [0, 0.05) is 48.8 Å². The van der Waals surface area contributed by atoms with Crippen molar-refractivity contribution in [1.82, 2.24) is 9.47 Å². The fourth-order valence-electron chi connectivity index (χ4n) is 4.96. The molecule has 1 aliphatic rings. The quantitative estimate of drug-likeness (QED) is 0.389. The van der Waals surface area contributed by atoms with Crippen LogP contribution >= 0.6 is 0 Å². The van der Waals surface area contributed by atoms with Gasteiger partial charge >= 0.3 is 0 Å². The third kappa shape index (κ3) is 5.94. The number of carbonyl (C=O) groups excluding carboxylic acids is 1. The van der Waals surface area contributed by atoms with Crippen LogP contribution in [0.3, 0.4) is 0 Å². The van der Waals surface area contributed by atoms with Crippen LogP contribution in [-0.4, -0.2) is 51.9 Å². The molecule has 0 aliphatic carbocycles. The van der Waals surface area contributed by atoms with Gasteiger partial charge in [-0.2, -0.15) is 10.1 Å². The highest BCUT2D eigenvalue weighted by atomic mass is 16.3. The first kappa shape index (κ1) is 25.9. The Morgan fingerprint density at radius 2 is 1.58 bits per heavy atom. The Hall–Kier alpha value is -3.22. The predicted octanol–water partition coefficient (Wildman–Crippen LogP) is 5.42. The highest BCUT2D eigenvalue weighted by Crippen LogP contribution is 2.28. The summed E-state index contributed by atoms with van der Waals surface area (Å²) in [6.45, 7) is 13.8. The second kappa shape index (κ2) is 11.2. The number of fused-ring (bicyclic) bond motifs is 1. The number of hydrogen-bond donors (Lipinski definition) is 1. The van der Waals surface area contributed by atoms with Crippen molar-refractivity contribution in [3.63, 3.8) is 0 Å². The normalized spacial score (nSPS) is 16.2. The van der Waals surface area contributed by atoms with E-state index in [0.29, 0.717) is 36.2 Å². The molecule has 0 saturated carbocycles. The van der Waals surface area contributed by atoms with E-state index < -0.39 is 6.10 Å². The minimum absolute atomic E-state index is 0.131. The Kier molecular flexibility index (Phi) is 8.07. The van der Waals surface area contributed by atoms with E-state index in [0.717, 1.165) is 35.2 Å². The molecule has 6 heteroatoms. The lowest BCUT2D eigenvalue weighted by Crippen LogP contribution is -2.39. The summed E-state index contributed by atoms with van der Waals surface area (Å²) in [4.78, 5) is 15.6. The van der Waals surface area contributed by atoms with Crippen molar-refractivity contribution in [3.8, 4) is 0 Å². The van der Waals surface area contributed by atoms with Gasteiger partial charge in [-0.1, -0.05) is 64.1 Å². The summed E-state index contributed by atoms with van der Waals surface area (Å²) in [5.41, 5.74) is 4.03. The average molecular weight is 487 g/mol. The number of anilines is 1. The highest BCUT2D eigenvalue weighted by Gasteiger charge is 2.29. The van der Waals surface area contributed by atoms with Crippen LogP contribution < -0.4 is 5.01 Å². The van der Waals surface area contributed by atoms with Crippen LogP contribution in [0.5, 0.6) is 0 Å². The van der Waals surface area contributed by atoms with Gasteiger partial charge in [-0.25, -0.2) is 0 Å². The van der Waals surface area contributed by atoms with Gasteiger partial charge in [-0.15, -0.1) is 0 Å². The van der Waals surface area contributed by atoms with Crippen LogP contribution in [0.1, 0.15) is 40.2 Å². The number of carbonyl (C=O) groups is 1. The van der Waals surface area contributed by atoms with E-state index in [1.807, 2.05) is 61.7 Å². The number of amides is 1. The van der Waals surface area contributed by atoms with E-state index in [2.05, 4.69) is 54.4 Å². The van der Waals surface area contributed by atoms with E-state index >= 15 is 0 Å². The van der Waals surface area contributed by atoms with Gasteiger partial charge in [0.1, 0.15) is 0 Å². The van der Waals surface area contributed by atoms with Crippen LogP contribution in [0.4, 0.5) is 5.69 Å². The first-order chi connectivity index (χ1) is 17.2. The van der Waals surface area contributed by atoms with Gasteiger partial charge in [-0.3, -0.25) is 4.79 Å². The van der Waals surface area contributed by atoms with E-state index in [-0.39, 0.29) is 5.91 Å². The molecule has 0 radical (unpaired) electrons. The molecule has 0 spiro atoms. The summed E-state index contributed by atoms with van der Waals surface area (Å²) in [5, 5.41) is 18.1. The number of hydrazone groups is 1. The molecular formula is C30H38N4O2. The zero-order valence-corrected chi connectivity index (χ0v) is 22.1. The van der Waals surface area contributed by atoms with Gasteiger partial charge in [0.15, 0.2) is 0 Å². The molecule has 1 aromatic heterocycles. The maximum absolute atomic E-state index is 13.2. The van der Waals surface area contributed by atoms with E-state index in [1.165, 1.54) is 5.01 Å². The summed E-state index contributed by atoms with van der Waals surface area (Å²) in [5.74, 6) is 0.963. The molecule has 2 heterocycles. The first-order valence-electron chi connectivity index (χ1n) is 12.9. The number of hydrogen-bond acceptors (Lipinski definition) is 4. The molecule has 1 aliphatic heterocycles. The first-order valence-corrected chi connectivity index (χ1v) is 12.9. The third-order valence-corrected chi connectivity index (χ3v) is 6.31. The van der Waals surface area contributed by atoms with Crippen molar-refractivity contribution in [3.05, 3.63) is 71.9 Å². The van der Waals surface area contributed by atoms with Gasteiger partial charge < -0.3 is 14.6 Å². The topological polar surface area (TPSA) is 61.1 Å². The number of aliphatic hydroxyl groups excluding tert-OH is 1. The summed E-state index contributed by atoms with van der Waals surface area (Å²) in [6.07, 6.45) is 3.48. The number of benzene rings is 2. The molecule has 1 unspecified atom stereocenters. The van der Waals surface area contributed by atoms with Crippen molar-refractivity contribution in [1.29, 1.82) is 0 Å². The van der Waals surface area contributed by atoms with Crippen LogP contribution in [0.15, 0.2) is 71.5 Å². The number of rotatable bonds is 10. The minimum Gasteiger partial charge on any atom is -0.390 e. The Morgan fingerprint density at radius 3 is 2.25 bits per heavy atom. The Bertz CT molecular complexity index is 1250. The molecule has 0 saturated heterocycles. The van der Waals surface area contributed by atoms with Crippen LogP contribution in [-0.2, 0) is 11.3 Å². The Balaban J connectivity index is 1.59. The number of nitrogens with zero attached hydrogens (tertiary/aromatic N) is 4. The SMILES string of the molecule is CC1=NN(c2ccccc2)C(=O)C1=Cc1cn(CC(O)CN(CC(C)C)CC(C)C)c2ccccc12. The summed E-state index contributed by atoms with van der Waals surface area (Å²) in [6, 6.07) is 17.6. The van der Waals surface area contributed by atoms with Gasteiger partial charge in [-0.05, 0) is 43.0 Å². The fraction of sp³-hybridized carbons (Fsp3) is 0.400. The molecule has 1 N–H and O–H groups in total. The number of para-hydroxylation sites is 2. The highest BCUT2D eigenvalue weighted by molar-refractivity contribution is 6.32. The second-order valence-electron chi connectivity index (χ2n) is 10.6. The molecule has 36 heavy (non-hydrogen) atoms.